The number of hydrogen-bond donors (Lipinski definition) is 2. The van der Waals surface area contributed by atoms with Crippen molar-refractivity contribution < 1.29 is 14.3 Å². The Balaban J connectivity index is 2.47. The Morgan fingerprint density at radius 2 is 1.95 bits per heavy atom. The van der Waals surface area contributed by atoms with Crippen LogP contribution in [0.3, 0.4) is 0 Å². The molecule has 0 unspecified atom stereocenters. The van der Waals surface area contributed by atoms with Gasteiger partial charge >= 0.3 is 5.97 Å². The van der Waals surface area contributed by atoms with Crippen molar-refractivity contribution in [2.75, 3.05) is 6.61 Å². The largest absolute Gasteiger partial charge is 0.465 e. The Hall–Kier alpha value is -1.24. The Morgan fingerprint density at radius 1 is 1.30 bits per heavy atom. The van der Waals surface area contributed by atoms with Crippen molar-refractivity contribution in [3.8, 4) is 0 Å². The molecule has 0 aliphatic heterocycles. The molecule has 0 amide bonds. The maximum absolute atomic E-state index is 11.7. The lowest BCUT2D eigenvalue weighted by atomic mass is 10.1. The van der Waals surface area contributed by atoms with Crippen LogP contribution >= 0.6 is 15.9 Å². The van der Waals surface area contributed by atoms with Crippen LogP contribution in [0, 0.1) is 0 Å². The lowest BCUT2D eigenvalue weighted by molar-refractivity contribution is -0.147. The third-order valence-electron chi connectivity index (χ3n) is 2.54. The van der Waals surface area contributed by atoms with Gasteiger partial charge in [-0.25, -0.2) is 5.43 Å². The molecule has 1 atom stereocenters. The first-order chi connectivity index (χ1) is 9.52. The first-order valence-corrected chi connectivity index (χ1v) is 7.21. The molecule has 0 saturated carbocycles. The summed E-state index contributed by atoms with van der Waals surface area (Å²) < 4.78 is 5.93. The van der Waals surface area contributed by atoms with Crippen LogP contribution in [0.15, 0.2) is 28.7 Å². The maximum Gasteiger partial charge on any atom is 0.324 e. The topological polar surface area (TPSA) is 67.4 Å². The summed E-state index contributed by atoms with van der Waals surface area (Å²) in [4.78, 5) is 22.8. The van der Waals surface area contributed by atoms with Crippen molar-refractivity contribution in [1.82, 2.24) is 10.9 Å². The summed E-state index contributed by atoms with van der Waals surface area (Å²) in [7, 11) is 0. The summed E-state index contributed by atoms with van der Waals surface area (Å²) >= 11 is 3.37. The third kappa shape index (κ3) is 6.27. The van der Waals surface area contributed by atoms with Gasteiger partial charge < -0.3 is 4.74 Å². The predicted octanol–water partition coefficient (Wildman–Crippen LogP) is 1.95. The highest BCUT2D eigenvalue weighted by molar-refractivity contribution is 9.10. The van der Waals surface area contributed by atoms with E-state index in [0.717, 1.165) is 10.0 Å². The zero-order valence-corrected chi connectivity index (χ0v) is 13.2. The normalized spacial score (nSPS) is 11.9. The Kier molecular flexibility index (Phi) is 7.43. The molecule has 0 saturated heterocycles. The number of hydrazine groups is 1. The minimum absolute atomic E-state index is 0.0685. The Labute approximate surface area is 127 Å². The van der Waals surface area contributed by atoms with Crippen LogP contribution in [0.4, 0.5) is 0 Å². The zero-order chi connectivity index (χ0) is 15.0. The van der Waals surface area contributed by atoms with Crippen molar-refractivity contribution >= 4 is 27.7 Å². The smallest absolute Gasteiger partial charge is 0.324 e. The SMILES string of the molecule is CCOC(=O)[C@H](CC(C)=O)NNCc1ccc(Br)cc1. The number of nitrogens with one attached hydrogen (secondary N) is 2. The molecular formula is C14H19BrN2O3. The molecule has 0 bridgehead atoms. The van der Waals surface area contributed by atoms with Crippen molar-refractivity contribution in [1.29, 1.82) is 0 Å². The van der Waals surface area contributed by atoms with E-state index in [0.29, 0.717) is 13.2 Å². The van der Waals surface area contributed by atoms with Crippen LogP contribution in [-0.4, -0.2) is 24.4 Å². The van der Waals surface area contributed by atoms with Crippen LogP contribution in [0.1, 0.15) is 25.8 Å². The van der Waals surface area contributed by atoms with Crippen LogP contribution in [-0.2, 0) is 20.9 Å². The first-order valence-electron chi connectivity index (χ1n) is 6.41. The second-order valence-electron chi connectivity index (χ2n) is 4.34. The summed E-state index contributed by atoms with van der Waals surface area (Å²) in [5.74, 6) is -0.494. The summed E-state index contributed by atoms with van der Waals surface area (Å²) in [5, 5.41) is 0. The monoisotopic (exact) mass is 342 g/mol. The average Bonchev–Trinajstić information content (AvgIpc) is 2.39. The van der Waals surface area contributed by atoms with Crippen LogP contribution in [0.5, 0.6) is 0 Å². The van der Waals surface area contributed by atoms with Crippen LogP contribution in [0.25, 0.3) is 0 Å². The minimum Gasteiger partial charge on any atom is -0.465 e. The number of esters is 1. The number of carbonyl (C=O) groups excluding carboxylic acids is 2. The standard InChI is InChI=1S/C14H19BrN2O3/c1-3-20-14(19)13(8-10(2)18)17-16-9-11-4-6-12(15)7-5-11/h4-7,13,16-17H,3,8-9H2,1-2H3/t13-/m0/s1. The van der Waals surface area contributed by atoms with Crippen molar-refractivity contribution in [3.63, 3.8) is 0 Å². The van der Waals surface area contributed by atoms with Gasteiger partial charge in [-0.05, 0) is 31.5 Å². The molecule has 1 aromatic rings. The van der Waals surface area contributed by atoms with Gasteiger partial charge in [-0.1, -0.05) is 28.1 Å². The molecule has 0 spiro atoms. The molecule has 0 aliphatic rings. The van der Waals surface area contributed by atoms with E-state index in [9.17, 15) is 9.59 Å². The van der Waals surface area contributed by atoms with E-state index < -0.39 is 12.0 Å². The maximum atomic E-state index is 11.7. The summed E-state index contributed by atoms with van der Waals surface area (Å²) in [6.07, 6.45) is 0.103. The van der Waals surface area contributed by atoms with E-state index in [4.69, 9.17) is 4.74 Å². The number of Topliss-reactive ketones (excluding diaryl/α,β-unsaturated/α-hetero) is 1. The van der Waals surface area contributed by atoms with E-state index in [1.54, 1.807) is 6.92 Å². The molecule has 6 heteroatoms. The first kappa shape index (κ1) is 16.8. The van der Waals surface area contributed by atoms with Crippen molar-refractivity contribution in [2.45, 2.75) is 32.9 Å². The minimum atomic E-state index is -0.664. The van der Waals surface area contributed by atoms with Crippen molar-refractivity contribution in [2.24, 2.45) is 0 Å². The van der Waals surface area contributed by atoms with Gasteiger partial charge in [0.25, 0.3) is 0 Å². The number of halogens is 1. The fraction of sp³-hybridized carbons (Fsp3) is 0.429. The second kappa shape index (κ2) is 8.84. The Bertz CT molecular complexity index is 448. The lowest BCUT2D eigenvalue weighted by Crippen LogP contribution is -2.46. The van der Waals surface area contributed by atoms with Gasteiger partial charge in [-0.15, -0.1) is 0 Å². The van der Waals surface area contributed by atoms with Gasteiger partial charge in [0.1, 0.15) is 11.8 Å². The molecule has 5 nitrogen and oxygen atoms in total. The highest BCUT2D eigenvalue weighted by Crippen LogP contribution is 2.10. The highest BCUT2D eigenvalue weighted by Gasteiger charge is 2.20. The molecular weight excluding hydrogens is 324 g/mol. The predicted molar refractivity (Wildman–Crippen MR) is 79.8 cm³/mol. The molecule has 110 valence electrons. The van der Waals surface area contributed by atoms with Crippen molar-refractivity contribution in [3.05, 3.63) is 34.3 Å². The second-order valence-corrected chi connectivity index (χ2v) is 5.25. The molecule has 1 aromatic carbocycles. The quantitative estimate of drug-likeness (QED) is 0.558. The van der Waals surface area contributed by atoms with Crippen LogP contribution < -0.4 is 10.9 Å². The van der Waals surface area contributed by atoms with Gasteiger partial charge in [0.05, 0.1) is 6.61 Å². The average molecular weight is 343 g/mol. The van der Waals surface area contributed by atoms with E-state index in [2.05, 4.69) is 26.8 Å². The molecule has 20 heavy (non-hydrogen) atoms. The molecule has 2 N–H and O–H groups in total. The van der Waals surface area contributed by atoms with E-state index in [1.165, 1.54) is 6.92 Å². The van der Waals surface area contributed by atoms with Crippen LogP contribution in [0.2, 0.25) is 0 Å². The van der Waals surface area contributed by atoms with Gasteiger partial charge in [0, 0.05) is 17.4 Å². The van der Waals surface area contributed by atoms with E-state index >= 15 is 0 Å². The van der Waals surface area contributed by atoms with E-state index in [1.807, 2.05) is 24.3 Å². The number of ketones is 1. The third-order valence-corrected chi connectivity index (χ3v) is 3.07. The van der Waals surface area contributed by atoms with Gasteiger partial charge in [-0.2, -0.15) is 0 Å². The fourth-order valence-corrected chi connectivity index (χ4v) is 1.87. The number of hydrogen-bond acceptors (Lipinski definition) is 5. The van der Waals surface area contributed by atoms with Gasteiger partial charge in [-0.3, -0.25) is 15.0 Å². The molecule has 0 aromatic heterocycles. The lowest BCUT2D eigenvalue weighted by Gasteiger charge is -2.16. The number of carbonyl (C=O) groups is 2. The molecule has 0 aliphatic carbocycles. The molecule has 0 fully saturated rings. The Morgan fingerprint density at radius 3 is 2.50 bits per heavy atom. The number of ether oxygens (including phenoxy) is 1. The molecule has 0 heterocycles. The summed E-state index contributed by atoms with van der Waals surface area (Å²) in [5.41, 5.74) is 6.85. The van der Waals surface area contributed by atoms with Gasteiger partial charge in [0.15, 0.2) is 0 Å². The van der Waals surface area contributed by atoms with E-state index in [-0.39, 0.29) is 12.2 Å². The zero-order valence-electron chi connectivity index (χ0n) is 11.6. The fourth-order valence-electron chi connectivity index (χ4n) is 1.60. The number of benzene rings is 1. The molecule has 1 rings (SSSR count). The highest BCUT2D eigenvalue weighted by atomic mass is 79.9. The summed E-state index contributed by atoms with van der Waals surface area (Å²) in [6.45, 7) is 4.02. The molecule has 0 radical (unpaired) electrons. The van der Waals surface area contributed by atoms with Gasteiger partial charge in [0.2, 0.25) is 0 Å². The summed E-state index contributed by atoms with van der Waals surface area (Å²) in [6, 6.07) is 7.14. The number of rotatable bonds is 8.